The Morgan fingerprint density at radius 1 is 0.645 bits per heavy atom. The lowest BCUT2D eigenvalue weighted by Gasteiger charge is -2.30. The van der Waals surface area contributed by atoms with Crippen molar-refractivity contribution in [3.63, 3.8) is 0 Å². The summed E-state index contributed by atoms with van der Waals surface area (Å²) in [5.74, 6) is 1.02. The van der Waals surface area contributed by atoms with Gasteiger partial charge in [-0.3, -0.25) is 0 Å². The van der Waals surface area contributed by atoms with E-state index in [0.717, 1.165) is 24.4 Å². The summed E-state index contributed by atoms with van der Waals surface area (Å²) in [4.78, 5) is 0. The molecule has 0 atom stereocenters. The van der Waals surface area contributed by atoms with Crippen LogP contribution in [-0.4, -0.2) is 15.2 Å². The second kappa shape index (κ2) is 17.7. The SMILES string of the molecule is CCCCCCCCCCCCCCCCO[Si](CC)(CC)Oc1cc(C)ccc1C. The van der Waals surface area contributed by atoms with Crippen molar-refractivity contribution in [3.05, 3.63) is 29.3 Å². The molecule has 0 fully saturated rings. The van der Waals surface area contributed by atoms with E-state index >= 15 is 0 Å². The predicted octanol–water partition coefficient (Wildman–Crippen LogP) is 9.66. The lowest BCUT2D eigenvalue weighted by Crippen LogP contribution is -2.44. The molecule has 3 heteroatoms. The minimum absolute atomic E-state index is 0.858. The molecule has 0 radical (unpaired) electrons. The van der Waals surface area contributed by atoms with Gasteiger partial charge in [0.15, 0.2) is 0 Å². The van der Waals surface area contributed by atoms with Crippen molar-refractivity contribution < 1.29 is 8.85 Å². The Hall–Kier alpha value is -0.803. The van der Waals surface area contributed by atoms with Gasteiger partial charge in [0.1, 0.15) is 5.75 Å². The first-order valence-corrected chi connectivity index (χ1v) is 15.7. The van der Waals surface area contributed by atoms with Gasteiger partial charge in [0.2, 0.25) is 0 Å². The van der Waals surface area contributed by atoms with Crippen LogP contribution in [0.4, 0.5) is 0 Å². The van der Waals surface area contributed by atoms with Crippen LogP contribution in [0.5, 0.6) is 5.75 Å². The van der Waals surface area contributed by atoms with E-state index in [0.29, 0.717) is 0 Å². The average Bonchev–Trinajstić information content (AvgIpc) is 2.78. The molecular weight excluding hydrogens is 396 g/mol. The minimum atomic E-state index is -2.14. The summed E-state index contributed by atoms with van der Waals surface area (Å²) in [6.45, 7) is 11.9. The van der Waals surface area contributed by atoms with Crippen molar-refractivity contribution in [1.29, 1.82) is 0 Å². The topological polar surface area (TPSA) is 18.5 Å². The molecular formula is C28H52O2Si. The highest BCUT2D eigenvalue weighted by Gasteiger charge is 2.36. The third-order valence-corrected chi connectivity index (χ3v) is 10.1. The third-order valence-electron chi connectivity index (χ3n) is 6.58. The number of benzene rings is 1. The van der Waals surface area contributed by atoms with E-state index in [1.54, 1.807) is 0 Å². The number of hydrogen-bond acceptors (Lipinski definition) is 2. The summed E-state index contributed by atoms with van der Waals surface area (Å²) in [6.07, 6.45) is 19.5. The van der Waals surface area contributed by atoms with Crippen LogP contribution in [0.15, 0.2) is 18.2 Å². The first-order chi connectivity index (χ1) is 15.1. The van der Waals surface area contributed by atoms with Gasteiger partial charge >= 0.3 is 8.56 Å². The van der Waals surface area contributed by atoms with Gasteiger partial charge in [-0.1, -0.05) is 116 Å². The summed E-state index contributed by atoms with van der Waals surface area (Å²) in [5, 5.41) is 0. The van der Waals surface area contributed by atoms with E-state index < -0.39 is 8.56 Å². The van der Waals surface area contributed by atoms with Gasteiger partial charge in [0.05, 0.1) is 0 Å². The molecule has 0 amide bonds. The molecule has 1 aromatic rings. The zero-order valence-electron chi connectivity index (χ0n) is 21.6. The fraction of sp³-hybridized carbons (Fsp3) is 0.786. The molecule has 0 bridgehead atoms. The van der Waals surface area contributed by atoms with Crippen LogP contribution in [0.2, 0.25) is 12.1 Å². The van der Waals surface area contributed by atoms with Gasteiger partial charge in [-0.15, -0.1) is 0 Å². The van der Waals surface area contributed by atoms with E-state index in [2.05, 4.69) is 52.8 Å². The second-order valence-electron chi connectivity index (χ2n) is 9.43. The van der Waals surface area contributed by atoms with Crippen LogP contribution in [0.25, 0.3) is 0 Å². The maximum absolute atomic E-state index is 6.55. The molecule has 0 N–H and O–H groups in total. The molecule has 180 valence electrons. The molecule has 0 heterocycles. The Balaban J connectivity index is 2.10. The zero-order chi connectivity index (χ0) is 22.8. The van der Waals surface area contributed by atoms with Gasteiger partial charge < -0.3 is 8.85 Å². The van der Waals surface area contributed by atoms with Crippen LogP contribution in [0.1, 0.15) is 122 Å². The minimum Gasteiger partial charge on any atom is -0.520 e. The first kappa shape index (κ1) is 28.2. The van der Waals surface area contributed by atoms with E-state index in [4.69, 9.17) is 8.85 Å². The monoisotopic (exact) mass is 448 g/mol. The molecule has 0 unspecified atom stereocenters. The van der Waals surface area contributed by atoms with Gasteiger partial charge in [-0.2, -0.15) is 0 Å². The fourth-order valence-electron chi connectivity index (χ4n) is 4.20. The van der Waals surface area contributed by atoms with Crippen LogP contribution in [-0.2, 0) is 4.43 Å². The van der Waals surface area contributed by atoms with Crippen molar-refractivity contribution in [2.45, 2.75) is 137 Å². The lowest BCUT2D eigenvalue weighted by molar-refractivity contribution is 0.230. The van der Waals surface area contributed by atoms with Crippen molar-refractivity contribution in [2.24, 2.45) is 0 Å². The summed E-state index contributed by atoms with van der Waals surface area (Å²) >= 11 is 0. The molecule has 0 aliphatic carbocycles. The molecule has 1 aromatic carbocycles. The Morgan fingerprint density at radius 2 is 1.13 bits per heavy atom. The Morgan fingerprint density at radius 3 is 1.61 bits per heavy atom. The quantitative estimate of drug-likeness (QED) is 0.146. The van der Waals surface area contributed by atoms with Crippen molar-refractivity contribution >= 4 is 8.56 Å². The average molecular weight is 449 g/mol. The van der Waals surface area contributed by atoms with Gasteiger partial charge in [0, 0.05) is 6.61 Å². The van der Waals surface area contributed by atoms with Gasteiger partial charge in [0.25, 0.3) is 0 Å². The Kier molecular flexibility index (Phi) is 16.1. The van der Waals surface area contributed by atoms with E-state index in [-0.39, 0.29) is 0 Å². The van der Waals surface area contributed by atoms with Gasteiger partial charge in [-0.25, -0.2) is 0 Å². The molecule has 0 spiro atoms. The normalized spacial score (nSPS) is 11.8. The first-order valence-electron chi connectivity index (χ1n) is 13.5. The van der Waals surface area contributed by atoms with Gasteiger partial charge in [-0.05, 0) is 49.5 Å². The van der Waals surface area contributed by atoms with Crippen molar-refractivity contribution in [3.8, 4) is 5.75 Å². The van der Waals surface area contributed by atoms with E-state index in [1.165, 1.54) is 101 Å². The molecule has 1 rings (SSSR count). The molecule has 0 aromatic heterocycles. The van der Waals surface area contributed by atoms with Crippen LogP contribution >= 0.6 is 0 Å². The Bertz CT molecular complexity index is 554. The molecule has 2 nitrogen and oxygen atoms in total. The maximum Gasteiger partial charge on any atom is 0.398 e. The largest absolute Gasteiger partial charge is 0.520 e. The van der Waals surface area contributed by atoms with Crippen molar-refractivity contribution in [1.82, 2.24) is 0 Å². The fourth-order valence-corrected chi connectivity index (χ4v) is 6.59. The number of rotatable bonds is 20. The highest BCUT2D eigenvalue weighted by atomic mass is 28.4. The molecule has 0 saturated carbocycles. The van der Waals surface area contributed by atoms with Crippen LogP contribution in [0, 0.1) is 13.8 Å². The smallest absolute Gasteiger partial charge is 0.398 e. The third kappa shape index (κ3) is 12.7. The highest BCUT2D eigenvalue weighted by Crippen LogP contribution is 2.27. The number of hydrogen-bond donors (Lipinski definition) is 0. The lowest BCUT2D eigenvalue weighted by atomic mass is 10.0. The molecule has 0 aliphatic rings. The standard InChI is InChI=1S/C28H52O2Si/c1-6-9-10-11-12-13-14-15-16-17-18-19-20-21-24-29-31(7-2,8-3)30-28-25-26(4)22-23-27(28)5/h22-23,25H,6-21,24H2,1-5H3. The molecule has 0 saturated heterocycles. The summed E-state index contributed by atoms with van der Waals surface area (Å²) in [6, 6.07) is 8.49. The van der Waals surface area contributed by atoms with E-state index in [1.807, 2.05) is 0 Å². The maximum atomic E-state index is 6.55. The summed E-state index contributed by atoms with van der Waals surface area (Å²) in [7, 11) is -2.14. The Labute approximate surface area is 195 Å². The number of unbranched alkanes of at least 4 members (excludes halogenated alkanes) is 13. The van der Waals surface area contributed by atoms with E-state index in [9.17, 15) is 0 Å². The summed E-state index contributed by atoms with van der Waals surface area (Å²) < 4.78 is 13.0. The molecule has 0 aliphatic heterocycles. The summed E-state index contributed by atoms with van der Waals surface area (Å²) in [5.41, 5.74) is 2.46. The second-order valence-corrected chi connectivity index (χ2v) is 13.2. The number of aryl methyl sites for hydroxylation is 2. The highest BCUT2D eigenvalue weighted by molar-refractivity contribution is 6.68. The molecule has 31 heavy (non-hydrogen) atoms. The van der Waals surface area contributed by atoms with Crippen LogP contribution < -0.4 is 4.43 Å². The van der Waals surface area contributed by atoms with Crippen molar-refractivity contribution in [2.75, 3.05) is 6.61 Å². The zero-order valence-corrected chi connectivity index (χ0v) is 22.6. The predicted molar refractivity (Wildman–Crippen MR) is 140 cm³/mol. The van der Waals surface area contributed by atoms with Crippen LogP contribution in [0.3, 0.4) is 0 Å².